The Kier molecular flexibility index (Phi) is 8.33. The average molecular weight is 584 g/mol. The number of nitrogens with zero attached hydrogens (tertiary/aromatic N) is 1. The fourth-order valence-electron chi connectivity index (χ4n) is 3.60. The highest BCUT2D eigenvalue weighted by Gasteiger charge is 2.31. The molecule has 3 aromatic carbocycles. The number of hydrogen-bond acceptors (Lipinski definition) is 6. The number of halogens is 6. The molecule has 210 valence electrons. The smallest absolute Gasteiger partial charge is 0.416 e. The number of alkyl halides is 5. The Labute approximate surface area is 228 Å². The van der Waals surface area contributed by atoms with Crippen molar-refractivity contribution in [1.29, 1.82) is 0 Å². The lowest BCUT2D eigenvalue weighted by molar-refractivity contribution is -0.137. The summed E-state index contributed by atoms with van der Waals surface area (Å²) in [5.74, 6) is 0.973. The predicted octanol–water partition coefficient (Wildman–Crippen LogP) is 7.96. The monoisotopic (exact) mass is 583 g/mol. The summed E-state index contributed by atoms with van der Waals surface area (Å²) in [6.07, 6.45) is -3.25. The highest BCUT2D eigenvalue weighted by molar-refractivity contribution is 6.34. The van der Waals surface area contributed by atoms with Gasteiger partial charge in [-0.05, 0) is 42.5 Å². The van der Waals surface area contributed by atoms with Crippen LogP contribution in [-0.2, 0) is 6.18 Å². The van der Waals surface area contributed by atoms with Crippen LogP contribution in [0.3, 0.4) is 0 Å². The number of aromatic nitrogens is 1. The SMILES string of the molecule is COc1cc2nccc(Oc3ccc(NC(=O)Nc4cc(C(F)(F)F)ccc4OC(F)F)c(Cl)c3)c2cc1OC. The molecular weight excluding hydrogens is 565 g/mol. The molecule has 0 unspecified atom stereocenters. The molecule has 0 saturated heterocycles. The average Bonchev–Trinajstić information content (AvgIpc) is 2.89. The number of pyridine rings is 1. The summed E-state index contributed by atoms with van der Waals surface area (Å²) in [5.41, 5.74) is -1.18. The fourth-order valence-corrected chi connectivity index (χ4v) is 3.82. The Hall–Kier alpha value is -4.52. The normalized spacial score (nSPS) is 11.3. The Morgan fingerprint density at radius 3 is 2.23 bits per heavy atom. The molecule has 0 aliphatic rings. The fraction of sp³-hybridized carbons (Fsp3) is 0.154. The molecular formula is C26H19ClF5N3O5. The lowest BCUT2D eigenvalue weighted by atomic mass is 10.1. The second kappa shape index (κ2) is 11.7. The van der Waals surface area contributed by atoms with E-state index < -0.39 is 35.8 Å². The number of urea groups is 1. The van der Waals surface area contributed by atoms with Gasteiger partial charge in [-0.2, -0.15) is 22.0 Å². The zero-order chi connectivity index (χ0) is 29.0. The summed E-state index contributed by atoms with van der Waals surface area (Å²) in [5, 5.41) is 5.04. The Morgan fingerprint density at radius 2 is 1.57 bits per heavy atom. The van der Waals surface area contributed by atoms with E-state index in [0.29, 0.717) is 46.4 Å². The van der Waals surface area contributed by atoms with Crippen LogP contribution in [0.15, 0.2) is 60.8 Å². The number of amides is 2. The summed E-state index contributed by atoms with van der Waals surface area (Å²) >= 11 is 6.29. The lowest BCUT2D eigenvalue weighted by Crippen LogP contribution is -2.21. The molecule has 0 aliphatic heterocycles. The van der Waals surface area contributed by atoms with Crippen molar-refractivity contribution < 1.29 is 45.7 Å². The van der Waals surface area contributed by atoms with Gasteiger partial charge in [0.25, 0.3) is 0 Å². The van der Waals surface area contributed by atoms with E-state index in [2.05, 4.69) is 20.4 Å². The first-order valence-corrected chi connectivity index (χ1v) is 11.6. The van der Waals surface area contributed by atoms with E-state index in [9.17, 15) is 26.7 Å². The minimum Gasteiger partial charge on any atom is -0.493 e. The zero-order valence-electron chi connectivity index (χ0n) is 20.6. The van der Waals surface area contributed by atoms with Crippen LogP contribution in [0.2, 0.25) is 5.02 Å². The maximum atomic E-state index is 13.1. The van der Waals surface area contributed by atoms with Crippen molar-refractivity contribution in [3.8, 4) is 28.7 Å². The van der Waals surface area contributed by atoms with Gasteiger partial charge in [-0.15, -0.1) is 0 Å². The third-order valence-electron chi connectivity index (χ3n) is 5.39. The van der Waals surface area contributed by atoms with Gasteiger partial charge in [0.05, 0.1) is 41.7 Å². The molecule has 4 aromatic rings. The summed E-state index contributed by atoms with van der Waals surface area (Å²) in [4.78, 5) is 16.8. The number of carbonyl (C=O) groups is 1. The topological polar surface area (TPSA) is 90.9 Å². The number of hydrogen-bond donors (Lipinski definition) is 2. The van der Waals surface area contributed by atoms with Crippen LogP contribution in [0.1, 0.15) is 5.56 Å². The lowest BCUT2D eigenvalue weighted by Gasteiger charge is -2.16. The summed E-state index contributed by atoms with van der Waals surface area (Å²) in [7, 11) is 2.99. The molecule has 1 heterocycles. The molecule has 2 N–H and O–H groups in total. The quantitative estimate of drug-likeness (QED) is 0.205. The van der Waals surface area contributed by atoms with Crippen molar-refractivity contribution in [2.24, 2.45) is 0 Å². The molecule has 1 aromatic heterocycles. The van der Waals surface area contributed by atoms with E-state index in [1.54, 1.807) is 18.2 Å². The number of carbonyl (C=O) groups excluding carboxylic acids is 1. The van der Waals surface area contributed by atoms with E-state index in [0.717, 1.165) is 0 Å². The first-order chi connectivity index (χ1) is 19.0. The highest BCUT2D eigenvalue weighted by atomic mass is 35.5. The van der Waals surface area contributed by atoms with Crippen LogP contribution in [0.5, 0.6) is 28.7 Å². The summed E-state index contributed by atoms with van der Waals surface area (Å²) in [6, 6.07) is 9.88. The number of methoxy groups -OCH3 is 2. The van der Waals surface area contributed by atoms with Gasteiger partial charge in [-0.3, -0.25) is 4.98 Å². The van der Waals surface area contributed by atoms with E-state index in [-0.39, 0.29) is 16.5 Å². The van der Waals surface area contributed by atoms with E-state index >= 15 is 0 Å². The number of anilines is 2. The minimum atomic E-state index is -4.78. The number of benzene rings is 3. The zero-order valence-corrected chi connectivity index (χ0v) is 21.4. The van der Waals surface area contributed by atoms with Crippen molar-refractivity contribution in [2.75, 3.05) is 24.9 Å². The minimum absolute atomic E-state index is 0.0124. The van der Waals surface area contributed by atoms with Crippen LogP contribution in [0, 0.1) is 0 Å². The summed E-state index contributed by atoms with van der Waals surface area (Å²) in [6.45, 7) is -3.33. The molecule has 4 rings (SSSR count). The number of ether oxygens (including phenoxy) is 4. The molecule has 0 saturated carbocycles. The van der Waals surface area contributed by atoms with Gasteiger partial charge in [-0.25, -0.2) is 4.79 Å². The largest absolute Gasteiger partial charge is 0.493 e. The maximum Gasteiger partial charge on any atom is 0.416 e. The molecule has 0 bridgehead atoms. The number of rotatable bonds is 8. The van der Waals surface area contributed by atoms with Gasteiger partial charge in [-0.1, -0.05) is 11.6 Å². The van der Waals surface area contributed by atoms with Crippen LogP contribution in [0.4, 0.5) is 38.1 Å². The van der Waals surface area contributed by atoms with Crippen LogP contribution >= 0.6 is 11.6 Å². The van der Waals surface area contributed by atoms with Crippen molar-refractivity contribution in [2.45, 2.75) is 12.8 Å². The predicted molar refractivity (Wildman–Crippen MR) is 137 cm³/mol. The standard InChI is InChI=1S/C26H19ClF5N3O5/c1-37-22-11-15-18(12-23(22)38-2)33-8-7-20(15)39-14-4-5-17(16(27)10-14)34-25(36)35-19-9-13(26(30,31)32)3-6-21(19)40-24(28)29/h3-12,24H,1-2H3,(H2,34,35,36). The molecule has 0 radical (unpaired) electrons. The molecule has 0 atom stereocenters. The van der Waals surface area contributed by atoms with Gasteiger partial charge < -0.3 is 29.6 Å². The molecule has 40 heavy (non-hydrogen) atoms. The van der Waals surface area contributed by atoms with Gasteiger partial charge in [0, 0.05) is 23.7 Å². The summed E-state index contributed by atoms with van der Waals surface area (Å²) < 4.78 is 85.5. The second-order valence-electron chi connectivity index (χ2n) is 7.94. The van der Waals surface area contributed by atoms with Crippen molar-refractivity contribution in [3.63, 3.8) is 0 Å². The van der Waals surface area contributed by atoms with Gasteiger partial charge >= 0.3 is 18.8 Å². The molecule has 0 aliphatic carbocycles. The Morgan fingerprint density at radius 1 is 0.875 bits per heavy atom. The van der Waals surface area contributed by atoms with Crippen molar-refractivity contribution in [3.05, 3.63) is 71.4 Å². The Balaban J connectivity index is 1.53. The van der Waals surface area contributed by atoms with Crippen molar-refractivity contribution >= 4 is 39.9 Å². The number of fused-ring (bicyclic) bond motifs is 1. The van der Waals surface area contributed by atoms with E-state index in [1.165, 1.54) is 38.6 Å². The van der Waals surface area contributed by atoms with Crippen molar-refractivity contribution in [1.82, 2.24) is 4.98 Å². The van der Waals surface area contributed by atoms with E-state index in [4.69, 9.17) is 25.8 Å². The van der Waals surface area contributed by atoms with Crippen LogP contribution in [0.25, 0.3) is 10.9 Å². The third kappa shape index (κ3) is 6.54. The highest BCUT2D eigenvalue weighted by Crippen LogP contribution is 2.39. The third-order valence-corrected chi connectivity index (χ3v) is 5.71. The van der Waals surface area contributed by atoms with Crippen LogP contribution < -0.4 is 29.6 Å². The first kappa shape index (κ1) is 28.5. The first-order valence-electron chi connectivity index (χ1n) is 11.2. The molecule has 2 amide bonds. The van der Waals surface area contributed by atoms with Gasteiger partial charge in [0.2, 0.25) is 0 Å². The molecule has 8 nitrogen and oxygen atoms in total. The second-order valence-corrected chi connectivity index (χ2v) is 8.35. The van der Waals surface area contributed by atoms with Gasteiger partial charge in [0.1, 0.15) is 17.2 Å². The molecule has 0 spiro atoms. The molecule has 0 fully saturated rings. The Bertz CT molecular complexity index is 1550. The number of nitrogens with one attached hydrogen (secondary N) is 2. The van der Waals surface area contributed by atoms with Crippen LogP contribution in [-0.4, -0.2) is 31.8 Å². The maximum absolute atomic E-state index is 13.1. The van der Waals surface area contributed by atoms with Gasteiger partial charge in [0.15, 0.2) is 11.5 Å². The molecule has 14 heteroatoms. The van der Waals surface area contributed by atoms with E-state index in [1.807, 2.05) is 0 Å².